The second kappa shape index (κ2) is 3.95. The molecular formula is C10H9ClN6O. The van der Waals surface area contributed by atoms with E-state index in [0.717, 1.165) is 0 Å². The van der Waals surface area contributed by atoms with Crippen molar-refractivity contribution in [3.63, 3.8) is 0 Å². The molecule has 0 aliphatic carbocycles. The van der Waals surface area contributed by atoms with Gasteiger partial charge in [-0.2, -0.15) is 24.7 Å². The summed E-state index contributed by atoms with van der Waals surface area (Å²) in [7, 11) is 1.81. The number of aromatic nitrogens is 6. The first-order valence-electron chi connectivity index (χ1n) is 5.17. The van der Waals surface area contributed by atoms with Gasteiger partial charge >= 0.3 is 0 Å². The molecule has 0 aliphatic heterocycles. The van der Waals surface area contributed by atoms with Crippen LogP contribution in [-0.4, -0.2) is 29.4 Å². The summed E-state index contributed by atoms with van der Waals surface area (Å²) in [6.07, 6.45) is 4.75. The number of rotatable bonds is 2. The first-order valence-corrected chi connectivity index (χ1v) is 5.55. The van der Waals surface area contributed by atoms with Gasteiger partial charge in [0.1, 0.15) is 11.5 Å². The van der Waals surface area contributed by atoms with Crippen LogP contribution in [0.5, 0.6) is 11.6 Å². The Kier molecular flexibility index (Phi) is 2.41. The highest BCUT2D eigenvalue weighted by atomic mass is 35.5. The third-order valence-electron chi connectivity index (χ3n) is 2.45. The molecular weight excluding hydrogens is 256 g/mol. The van der Waals surface area contributed by atoms with Crippen molar-refractivity contribution < 1.29 is 4.74 Å². The molecule has 0 bridgehead atoms. The largest absolute Gasteiger partial charge is 0.435 e. The minimum absolute atomic E-state index is 0.342. The fraction of sp³-hybridized carbons (Fsp3) is 0.200. The molecule has 0 spiro atoms. The maximum atomic E-state index is 6.03. The fourth-order valence-corrected chi connectivity index (χ4v) is 1.71. The van der Waals surface area contributed by atoms with Crippen LogP contribution in [0, 0.1) is 6.92 Å². The van der Waals surface area contributed by atoms with E-state index in [-0.39, 0.29) is 0 Å². The summed E-state index contributed by atoms with van der Waals surface area (Å²) in [4.78, 5) is 8.08. The number of fused-ring (bicyclic) bond motifs is 1. The number of aryl methyl sites for hydroxylation is 1. The van der Waals surface area contributed by atoms with Crippen molar-refractivity contribution in [1.29, 1.82) is 0 Å². The first kappa shape index (κ1) is 11.0. The van der Waals surface area contributed by atoms with Gasteiger partial charge in [-0.1, -0.05) is 11.6 Å². The molecule has 0 amide bonds. The Balaban J connectivity index is 2.15. The molecule has 0 N–H and O–H groups in total. The molecule has 0 saturated heterocycles. The van der Waals surface area contributed by atoms with E-state index in [1.165, 1.54) is 10.8 Å². The summed E-state index contributed by atoms with van der Waals surface area (Å²) in [5.41, 5.74) is 0.693. The van der Waals surface area contributed by atoms with Gasteiger partial charge in [0, 0.05) is 12.6 Å². The molecule has 3 aromatic rings. The lowest BCUT2D eigenvalue weighted by Gasteiger charge is -2.08. The van der Waals surface area contributed by atoms with Crippen molar-refractivity contribution in [2.45, 2.75) is 6.92 Å². The quantitative estimate of drug-likeness (QED) is 0.658. The topological polar surface area (TPSA) is 70.1 Å². The van der Waals surface area contributed by atoms with Crippen LogP contribution in [-0.2, 0) is 7.05 Å². The predicted octanol–water partition coefficient (Wildman–Crippen LogP) is 1.61. The minimum Gasteiger partial charge on any atom is -0.435 e. The second-order valence-corrected chi connectivity index (χ2v) is 4.11. The van der Waals surface area contributed by atoms with Gasteiger partial charge < -0.3 is 4.74 Å². The fourth-order valence-electron chi connectivity index (χ4n) is 1.56. The van der Waals surface area contributed by atoms with Crippen LogP contribution in [0.4, 0.5) is 0 Å². The van der Waals surface area contributed by atoms with Gasteiger partial charge in [-0.3, -0.25) is 4.68 Å². The van der Waals surface area contributed by atoms with Gasteiger partial charge in [-0.25, -0.2) is 0 Å². The average molecular weight is 265 g/mol. The normalized spacial score (nSPS) is 11.1. The molecule has 92 valence electrons. The van der Waals surface area contributed by atoms with Gasteiger partial charge in [0.15, 0.2) is 5.75 Å². The molecule has 3 rings (SSSR count). The van der Waals surface area contributed by atoms with Gasteiger partial charge in [0.2, 0.25) is 5.88 Å². The SMILES string of the molecule is Cc1c(Cl)nc2ncnn2c1Oc1cnn(C)c1. The van der Waals surface area contributed by atoms with Crippen molar-refractivity contribution in [3.05, 3.63) is 29.4 Å². The lowest BCUT2D eigenvalue weighted by Crippen LogP contribution is -2.01. The average Bonchev–Trinajstić information content (AvgIpc) is 2.93. The molecule has 0 aliphatic rings. The van der Waals surface area contributed by atoms with E-state index in [9.17, 15) is 0 Å². The summed E-state index contributed by atoms with van der Waals surface area (Å²) in [6.45, 7) is 1.81. The number of ether oxygens (including phenoxy) is 1. The molecule has 3 aromatic heterocycles. The van der Waals surface area contributed by atoms with Crippen LogP contribution < -0.4 is 4.74 Å². The van der Waals surface area contributed by atoms with E-state index in [2.05, 4.69) is 20.2 Å². The van der Waals surface area contributed by atoms with Gasteiger partial charge in [0.25, 0.3) is 5.78 Å². The van der Waals surface area contributed by atoms with Crippen LogP contribution >= 0.6 is 11.6 Å². The van der Waals surface area contributed by atoms with E-state index >= 15 is 0 Å². The Hall–Kier alpha value is -2.15. The predicted molar refractivity (Wildman–Crippen MR) is 63.8 cm³/mol. The number of halogens is 1. The standard InChI is InChI=1S/C10H9ClN6O/c1-6-8(11)15-10-12-5-14-17(10)9(6)18-7-3-13-16(2)4-7/h3-5H,1-2H3. The molecule has 0 atom stereocenters. The Morgan fingerprint density at radius 1 is 1.33 bits per heavy atom. The van der Waals surface area contributed by atoms with Gasteiger partial charge in [0.05, 0.1) is 12.4 Å². The molecule has 0 unspecified atom stereocenters. The second-order valence-electron chi connectivity index (χ2n) is 3.76. The zero-order valence-electron chi connectivity index (χ0n) is 9.70. The minimum atomic E-state index is 0.342. The highest BCUT2D eigenvalue weighted by molar-refractivity contribution is 6.30. The molecule has 18 heavy (non-hydrogen) atoms. The van der Waals surface area contributed by atoms with E-state index in [0.29, 0.717) is 28.1 Å². The Morgan fingerprint density at radius 3 is 2.89 bits per heavy atom. The summed E-state index contributed by atoms with van der Waals surface area (Å²) >= 11 is 6.03. The van der Waals surface area contributed by atoms with Crippen molar-refractivity contribution in [1.82, 2.24) is 29.4 Å². The van der Waals surface area contributed by atoms with E-state index in [4.69, 9.17) is 16.3 Å². The monoisotopic (exact) mass is 264 g/mol. The Labute approximate surface area is 107 Å². The molecule has 3 heterocycles. The summed E-state index contributed by atoms with van der Waals surface area (Å²) in [6, 6.07) is 0. The summed E-state index contributed by atoms with van der Waals surface area (Å²) in [5.74, 6) is 1.47. The van der Waals surface area contributed by atoms with E-state index < -0.39 is 0 Å². The van der Waals surface area contributed by atoms with Crippen molar-refractivity contribution in [2.75, 3.05) is 0 Å². The van der Waals surface area contributed by atoms with Gasteiger partial charge in [-0.15, -0.1) is 0 Å². The molecule has 0 aromatic carbocycles. The maximum Gasteiger partial charge on any atom is 0.256 e. The first-order chi connectivity index (χ1) is 8.65. The van der Waals surface area contributed by atoms with Crippen LogP contribution in [0.25, 0.3) is 5.78 Å². The Bertz CT molecular complexity index is 718. The maximum absolute atomic E-state index is 6.03. The molecule has 7 nitrogen and oxygen atoms in total. The van der Waals surface area contributed by atoms with Crippen molar-refractivity contribution >= 4 is 17.4 Å². The zero-order valence-corrected chi connectivity index (χ0v) is 10.5. The summed E-state index contributed by atoms with van der Waals surface area (Å²) < 4.78 is 8.87. The highest BCUT2D eigenvalue weighted by Crippen LogP contribution is 2.28. The van der Waals surface area contributed by atoms with Crippen molar-refractivity contribution in [2.24, 2.45) is 7.05 Å². The summed E-state index contributed by atoms with van der Waals surface area (Å²) in [5, 5.41) is 8.43. The van der Waals surface area contributed by atoms with Crippen molar-refractivity contribution in [3.8, 4) is 11.6 Å². The molecule has 0 saturated carbocycles. The zero-order chi connectivity index (χ0) is 12.7. The third-order valence-corrected chi connectivity index (χ3v) is 2.81. The third kappa shape index (κ3) is 1.68. The molecule has 0 radical (unpaired) electrons. The lowest BCUT2D eigenvalue weighted by atomic mass is 10.4. The van der Waals surface area contributed by atoms with E-state index in [1.807, 2.05) is 14.0 Å². The molecule has 0 fully saturated rings. The number of hydrogen-bond acceptors (Lipinski definition) is 5. The Morgan fingerprint density at radius 2 is 2.17 bits per heavy atom. The lowest BCUT2D eigenvalue weighted by molar-refractivity contribution is 0.441. The van der Waals surface area contributed by atoms with Crippen LogP contribution in [0.3, 0.4) is 0 Å². The van der Waals surface area contributed by atoms with E-state index in [1.54, 1.807) is 17.1 Å². The van der Waals surface area contributed by atoms with Crippen LogP contribution in [0.1, 0.15) is 5.56 Å². The molecule has 8 heteroatoms. The number of nitrogens with zero attached hydrogens (tertiary/aromatic N) is 6. The highest BCUT2D eigenvalue weighted by Gasteiger charge is 2.14. The van der Waals surface area contributed by atoms with Crippen LogP contribution in [0.15, 0.2) is 18.7 Å². The van der Waals surface area contributed by atoms with Gasteiger partial charge in [-0.05, 0) is 6.92 Å². The van der Waals surface area contributed by atoms with Crippen LogP contribution in [0.2, 0.25) is 5.15 Å². The number of hydrogen-bond donors (Lipinski definition) is 0. The smallest absolute Gasteiger partial charge is 0.256 e.